The van der Waals surface area contributed by atoms with E-state index in [1.165, 1.54) is 0 Å². The van der Waals surface area contributed by atoms with Crippen molar-refractivity contribution < 1.29 is 14.6 Å². The molecule has 3 nitrogen and oxygen atoms in total. The zero-order valence-corrected chi connectivity index (χ0v) is 9.01. The maximum absolute atomic E-state index is 7.88. The topological polar surface area (TPSA) is 38.7 Å². The van der Waals surface area contributed by atoms with Crippen LogP contribution in [0.2, 0.25) is 0 Å². The van der Waals surface area contributed by atoms with Gasteiger partial charge in [0, 0.05) is 13.0 Å². The van der Waals surface area contributed by atoms with Crippen LogP contribution in [0.4, 0.5) is 0 Å². The van der Waals surface area contributed by atoms with Gasteiger partial charge in [0.1, 0.15) is 0 Å². The molecule has 0 amide bonds. The van der Waals surface area contributed by atoms with Gasteiger partial charge in [-0.15, -0.1) is 0 Å². The van der Waals surface area contributed by atoms with E-state index in [0.717, 1.165) is 32.5 Å². The molecule has 1 N–H and O–H groups in total. The van der Waals surface area contributed by atoms with E-state index in [-0.39, 0.29) is 5.79 Å². The van der Waals surface area contributed by atoms with Gasteiger partial charge in [-0.3, -0.25) is 0 Å². The van der Waals surface area contributed by atoms with Gasteiger partial charge in [-0.2, -0.15) is 0 Å². The molecule has 1 aliphatic heterocycles. The van der Waals surface area contributed by atoms with Crippen LogP contribution in [0.5, 0.6) is 0 Å². The summed E-state index contributed by atoms with van der Waals surface area (Å²) in [7, 11) is 0. The summed E-state index contributed by atoms with van der Waals surface area (Å²) in [6.07, 6.45) is 3.00. The standard InChI is InChI=1S/C7H14O2.C3H8O/c1-3-4-7(2)8-5-6-9-7;1-2-3-4/h3-6H2,1-2H3;4H,2-3H2,1H3. The molecule has 1 saturated heterocycles. The second-order valence-electron chi connectivity index (χ2n) is 3.30. The van der Waals surface area contributed by atoms with Gasteiger partial charge < -0.3 is 14.6 Å². The number of hydrogen-bond acceptors (Lipinski definition) is 3. The van der Waals surface area contributed by atoms with E-state index in [9.17, 15) is 0 Å². The Kier molecular flexibility index (Phi) is 7.23. The minimum absolute atomic E-state index is 0.255. The molecule has 1 heterocycles. The van der Waals surface area contributed by atoms with Gasteiger partial charge >= 0.3 is 0 Å². The molecular formula is C10H22O3. The van der Waals surface area contributed by atoms with Crippen molar-refractivity contribution in [2.24, 2.45) is 0 Å². The Morgan fingerprint density at radius 2 is 1.62 bits per heavy atom. The lowest BCUT2D eigenvalue weighted by molar-refractivity contribution is -0.146. The predicted octanol–water partition coefficient (Wildman–Crippen LogP) is 1.94. The fraction of sp³-hybridized carbons (Fsp3) is 1.00. The summed E-state index contributed by atoms with van der Waals surface area (Å²) < 4.78 is 10.7. The Balaban J connectivity index is 0.000000310. The maximum atomic E-state index is 7.88. The van der Waals surface area contributed by atoms with Crippen LogP contribution in [0.25, 0.3) is 0 Å². The SMILES string of the molecule is CCCC1(C)OCCO1.CCCO. The van der Waals surface area contributed by atoms with Crippen LogP contribution in [-0.2, 0) is 9.47 Å². The molecule has 0 bridgehead atoms. The Morgan fingerprint density at radius 1 is 1.15 bits per heavy atom. The summed E-state index contributed by atoms with van der Waals surface area (Å²) in [5.41, 5.74) is 0. The molecule has 0 aliphatic carbocycles. The second kappa shape index (κ2) is 7.30. The third kappa shape index (κ3) is 6.02. The highest BCUT2D eigenvalue weighted by Gasteiger charge is 2.29. The van der Waals surface area contributed by atoms with E-state index in [0.29, 0.717) is 6.61 Å². The van der Waals surface area contributed by atoms with Crippen LogP contribution in [0.1, 0.15) is 40.0 Å². The van der Waals surface area contributed by atoms with Crippen molar-refractivity contribution in [1.29, 1.82) is 0 Å². The second-order valence-corrected chi connectivity index (χ2v) is 3.30. The molecule has 0 radical (unpaired) electrons. The highest BCUT2D eigenvalue weighted by Crippen LogP contribution is 2.23. The highest BCUT2D eigenvalue weighted by atomic mass is 16.7. The largest absolute Gasteiger partial charge is 0.396 e. The first kappa shape index (κ1) is 12.9. The molecule has 0 aromatic heterocycles. The van der Waals surface area contributed by atoms with E-state index in [1.54, 1.807) is 0 Å². The predicted molar refractivity (Wildman–Crippen MR) is 52.6 cm³/mol. The Hall–Kier alpha value is -0.120. The number of ether oxygens (including phenoxy) is 2. The lowest BCUT2D eigenvalue weighted by atomic mass is 10.2. The van der Waals surface area contributed by atoms with Crippen LogP contribution < -0.4 is 0 Å². The highest BCUT2D eigenvalue weighted by molar-refractivity contribution is 4.66. The van der Waals surface area contributed by atoms with Gasteiger partial charge in [-0.05, 0) is 13.3 Å². The summed E-state index contributed by atoms with van der Waals surface area (Å²) in [6.45, 7) is 7.91. The molecule has 0 aromatic carbocycles. The lowest BCUT2D eigenvalue weighted by Crippen LogP contribution is -2.24. The number of aliphatic hydroxyl groups is 1. The molecular weight excluding hydrogens is 168 g/mol. The van der Waals surface area contributed by atoms with Crippen LogP contribution in [0.3, 0.4) is 0 Å². The summed E-state index contributed by atoms with van der Waals surface area (Å²) in [6, 6.07) is 0. The van der Waals surface area contributed by atoms with Crippen molar-refractivity contribution >= 4 is 0 Å². The third-order valence-corrected chi connectivity index (χ3v) is 1.83. The maximum Gasteiger partial charge on any atom is 0.165 e. The first-order valence-electron chi connectivity index (χ1n) is 5.07. The quantitative estimate of drug-likeness (QED) is 0.739. The van der Waals surface area contributed by atoms with Gasteiger partial charge in [0.15, 0.2) is 5.79 Å². The van der Waals surface area contributed by atoms with Gasteiger partial charge in [-0.25, -0.2) is 0 Å². The van der Waals surface area contributed by atoms with Crippen LogP contribution >= 0.6 is 0 Å². The zero-order valence-electron chi connectivity index (χ0n) is 9.01. The van der Waals surface area contributed by atoms with Gasteiger partial charge in [0.2, 0.25) is 0 Å². The molecule has 1 aliphatic rings. The molecule has 1 rings (SSSR count). The summed E-state index contributed by atoms with van der Waals surface area (Å²) in [5.74, 6) is -0.255. The molecule has 80 valence electrons. The lowest BCUT2D eigenvalue weighted by Gasteiger charge is -2.20. The Labute approximate surface area is 81.0 Å². The number of hydrogen-bond donors (Lipinski definition) is 1. The van der Waals surface area contributed by atoms with Crippen LogP contribution in [0.15, 0.2) is 0 Å². The van der Waals surface area contributed by atoms with E-state index in [2.05, 4.69) is 6.92 Å². The zero-order chi connectivity index (χ0) is 10.2. The van der Waals surface area contributed by atoms with Gasteiger partial charge in [0.25, 0.3) is 0 Å². The van der Waals surface area contributed by atoms with Gasteiger partial charge in [-0.1, -0.05) is 20.3 Å². The minimum atomic E-state index is -0.255. The molecule has 0 unspecified atom stereocenters. The third-order valence-electron chi connectivity index (χ3n) is 1.83. The van der Waals surface area contributed by atoms with Crippen molar-refractivity contribution in [3.63, 3.8) is 0 Å². The van der Waals surface area contributed by atoms with E-state index >= 15 is 0 Å². The first-order chi connectivity index (χ1) is 6.18. The summed E-state index contributed by atoms with van der Waals surface area (Å²) >= 11 is 0. The molecule has 0 atom stereocenters. The molecule has 3 heteroatoms. The fourth-order valence-corrected chi connectivity index (χ4v) is 1.16. The summed E-state index contributed by atoms with van der Waals surface area (Å²) in [4.78, 5) is 0. The van der Waals surface area contributed by atoms with Crippen LogP contribution in [0, 0.1) is 0 Å². The van der Waals surface area contributed by atoms with E-state index < -0.39 is 0 Å². The fourth-order valence-electron chi connectivity index (χ4n) is 1.16. The molecule has 0 aromatic rings. The van der Waals surface area contributed by atoms with E-state index in [1.807, 2.05) is 13.8 Å². The Bertz CT molecular complexity index is 107. The van der Waals surface area contributed by atoms with Gasteiger partial charge in [0.05, 0.1) is 13.2 Å². The Morgan fingerprint density at radius 3 is 1.92 bits per heavy atom. The average Bonchev–Trinajstić information content (AvgIpc) is 2.53. The van der Waals surface area contributed by atoms with Crippen molar-refractivity contribution in [3.05, 3.63) is 0 Å². The molecule has 13 heavy (non-hydrogen) atoms. The van der Waals surface area contributed by atoms with E-state index in [4.69, 9.17) is 14.6 Å². The van der Waals surface area contributed by atoms with Crippen molar-refractivity contribution in [2.45, 2.75) is 45.8 Å². The normalized spacial score (nSPS) is 19.4. The van der Waals surface area contributed by atoms with Crippen molar-refractivity contribution in [1.82, 2.24) is 0 Å². The summed E-state index contributed by atoms with van der Waals surface area (Å²) in [5, 5.41) is 7.88. The van der Waals surface area contributed by atoms with Crippen molar-refractivity contribution in [3.8, 4) is 0 Å². The molecule has 1 fully saturated rings. The number of aliphatic hydroxyl groups excluding tert-OH is 1. The smallest absolute Gasteiger partial charge is 0.165 e. The first-order valence-corrected chi connectivity index (χ1v) is 5.07. The monoisotopic (exact) mass is 190 g/mol. The van der Waals surface area contributed by atoms with Crippen LogP contribution in [-0.4, -0.2) is 30.7 Å². The molecule has 0 saturated carbocycles. The molecule has 0 spiro atoms. The minimum Gasteiger partial charge on any atom is -0.396 e. The van der Waals surface area contributed by atoms with Crippen molar-refractivity contribution in [2.75, 3.05) is 19.8 Å². The average molecular weight is 190 g/mol. The number of rotatable bonds is 3.